The molecule has 0 bridgehead atoms. The lowest BCUT2D eigenvalue weighted by atomic mass is 9.96. The van der Waals surface area contributed by atoms with E-state index in [0.717, 1.165) is 25.7 Å². The molecule has 3 heteroatoms. The van der Waals surface area contributed by atoms with Crippen LogP contribution >= 0.6 is 0 Å². The monoisotopic (exact) mass is 231 g/mol. The van der Waals surface area contributed by atoms with Crippen molar-refractivity contribution >= 4 is 16.7 Å². The van der Waals surface area contributed by atoms with Crippen LogP contribution in [0.5, 0.6) is 0 Å². The van der Waals surface area contributed by atoms with Gasteiger partial charge in [-0.3, -0.25) is 4.79 Å². The highest BCUT2D eigenvalue weighted by atomic mass is 19.1. The van der Waals surface area contributed by atoms with Crippen LogP contribution in [-0.2, 0) is 0 Å². The molecule has 0 radical (unpaired) electrons. The minimum Gasteiger partial charge on any atom is -0.360 e. The van der Waals surface area contributed by atoms with Crippen LogP contribution in [0.1, 0.15) is 36.0 Å². The summed E-state index contributed by atoms with van der Waals surface area (Å²) in [4.78, 5) is 15.3. The Morgan fingerprint density at radius 1 is 1.29 bits per heavy atom. The summed E-state index contributed by atoms with van der Waals surface area (Å²) in [5, 5.41) is 0.449. The fraction of sp³-hybridized carbons (Fsp3) is 0.357. The number of carbonyl (C=O) groups is 1. The average Bonchev–Trinajstić information content (AvgIpc) is 2.98. The summed E-state index contributed by atoms with van der Waals surface area (Å²) in [5.74, 6) is -0.127. The lowest BCUT2D eigenvalue weighted by Crippen LogP contribution is -2.10. The van der Waals surface area contributed by atoms with Gasteiger partial charge in [0.25, 0.3) is 0 Å². The Labute approximate surface area is 98.8 Å². The maximum absolute atomic E-state index is 13.8. The van der Waals surface area contributed by atoms with Crippen molar-refractivity contribution in [3.63, 3.8) is 0 Å². The molecule has 1 heterocycles. The second-order valence-corrected chi connectivity index (χ2v) is 4.71. The van der Waals surface area contributed by atoms with Gasteiger partial charge in [-0.1, -0.05) is 18.9 Å². The minimum absolute atomic E-state index is 0.0913. The Bertz CT molecular complexity index is 567. The van der Waals surface area contributed by atoms with Crippen LogP contribution in [0.3, 0.4) is 0 Å². The summed E-state index contributed by atoms with van der Waals surface area (Å²) in [7, 11) is 0. The van der Waals surface area contributed by atoms with Gasteiger partial charge in [0.2, 0.25) is 0 Å². The number of rotatable bonds is 2. The van der Waals surface area contributed by atoms with E-state index in [1.807, 2.05) is 0 Å². The van der Waals surface area contributed by atoms with E-state index in [2.05, 4.69) is 4.98 Å². The highest BCUT2D eigenvalue weighted by Gasteiger charge is 2.26. The van der Waals surface area contributed by atoms with Gasteiger partial charge in [-0.2, -0.15) is 0 Å². The summed E-state index contributed by atoms with van der Waals surface area (Å²) in [6, 6.07) is 4.85. The summed E-state index contributed by atoms with van der Waals surface area (Å²) in [5.41, 5.74) is 1.22. The van der Waals surface area contributed by atoms with Crippen molar-refractivity contribution in [3.05, 3.63) is 35.8 Å². The number of ketones is 1. The predicted octanol–water partition coefficient (Wildman–Crippen LogP) is 3.68. The second-order valence-electron chi connectivity index (χ2n) is 4.71. The van der Waals surface area contributed by atoms with Crippen molar-refractivity contribution in [1.29, 1.82) is 0 Å². The van der Waals surface area contributed by atoms with Crippen molar-refractivity contribution in [2.75, 3.05) is 0 Å². The number of Topliss-reactive ketones (excluding diaryl/α,β-unsaturated/α-hetero) is 1. The first-order valence-electron chi connectivity index (χ1n) is 6.07. The first-order valence-corrected chi connectivity index (χ1v) is 6.07. The van der Waals surface area contributed by atoms with Crippen LogP contribution in [0, 0.1) is 11.7 Å². The van der Waals surface area contributed by atoms with Crippen LogP contribution in [0.4, 0.5) is 4.39 Å². The van der Waals surface area contributed by atoms with E-state index >= 15 is 0 Å². The summed E-state index contributed by atoms with van der Waals surface area (Å²) in [6.45, 7) is 0. The Morgan fingerprint density at radius 3 is 2.82 bits per heavy atom. The number of benzene rings is 1. The standard InChI is InChI=1S/C14H14FNO/c15-11-6-3-7-12-13(11)10(8-16-12)14(17)9-4-1-2-5-9/h3,6-9,16H,1-2,4-5H2. The van der Waals surface area contributed by atoms with E-state index in [1.165, 1.54) is 6.07 Å². The van der Waals surface area contributed by atoms with E-state index in [9.17, 15) is 9.18 Å². The number of nitrogens with one attached hydrogen (secondary N) is 1. The lowest BCUT2D eigenvalue weighted by molar-refractivity contribution is 0.0924. The molecule has 2 nitrogen and oxygen atoms in total. The Kier molecular flexibility index (Phi) is 2.46. The predicted molar refractivity (Wildman–Crippen MR) is 64.5 cm³/mol. The number of halogens is 1. The third-order valence-electron chi connectivity index (χ3n) is 3.65. The number of aromatic nitrogens is 1. The zero-order valence-electron chi connectivity index (χ0n) is 9.50. The molecule has 1 aromatic carbocycles. The van der Waals surface area contributed by atoms with Gasteiger partial charge in [-0.15, -0.1) is 0 Å². The first-order chi connectivity index (χ1) is 8.27. The molecule has 88 valence electrons. The molecular formula is C14H14FNO. The fourth-order valence-corrected chi connectivity index (χ4v) is 2.74. The van der Waals surface area contributed by atoms with Gasteiger partial charge in [0, 0.05) is 28.6 Å². The molecule has 1 aromatic heterocycles. The van der Waals surface area contributed by atoms with Gasteiger partial charge in [-0.25, -0.2) is 4.39 Å². The third kappa shape index (κ3) is 1.66. The number of aromatic amines is 1. The van der Waals surface area contributed by atoms with Crippen LogP contribution in [0.2, 0.25) is 0 Å². The topological polar surface area (TPSA) is 32.9 Å². The number of hydrogen-bond donors (Lipinski definition) is 1. The molecule has 0 unspecified atom stereocenters. The van der Waals surface area contributed by atoms with Gasteiger partial charge < -0.3 is 4.98 Å². The van der Waals surface area contributed by atoms with E-state index < -0.39 is 0 Å². The van der Waals surface area contributed by atoms with Gasteiger partial charge in [0.15, 0.2) is 5.78 Å². The lowest BCUT2D eigenvalue weighted by Gasteiger charge is -2.06. The largest absolute Gasteiger partial charge is 0.360 e. The molecule has 0 spiro atoms. The van der Waals surface area contributed by atoms with Gasteiger partial charge >= 0.3 is 0 Å². The normalized spacial score (nSPS) is 16.8. The summed E-state index contributed by atoms with van der Waals surface area (Å²) in [6.07, 6.45) is 5.76. The van der Waals surface area contributed by atoms with Crippen LogP contribution in [0.25, 0.3) is 10.9 Å². The molecule has 1 fully saturated rings. The summed E-state index contributed by atoms with van der Waals surface area (Å²) < 4.78 is 13.8. The van der Waals surface area contributed by atoms with Crippen molar-refractivity contribution in [2.45, 2.75) is 25.7 Å². The molecule has 1 aliphatic rings. The highest BCUT2D eigenvalue weighted by Crippen LogP contribution is 2.31. The van der Waals surface area contributed by atoms with Gasteiger partial charge in [0.05, 0.1) is 0 Å². The Hall–Kier alpha value is -1.64. The maximum Gasteiger partial charge on any atom is 0.168 e. The number of fused-ring (bicyclic) bond motifs is 1. The highest BCUT2D eigenvalue weighted by molar-refractivity contribution is 6.09. The number of hydrogen-bond acceptors (Lipinski definition) is 1. The Balaban J connectivity index is 2.08. The molecule has 3 rings (SSSR count). The molecular weight excluding hydrogens is 217 g/mol. The SMILES string of the molecule is O=C(c1c[nH]c2cccc(F)c12)C1CCCC1. The van der Waals surface area contributed by atoms with E-state index in [4.69, 9.17) is 0 Å². The minimum atomic E-state index is -0.315. The van der Waals surface area contributed by atoms with Crippen molar-refractivity contribution in [1.82, 2.24) is 4.98 Å². The first kappa shape index (κ1) is 10.5. The van der Waals surface area contributed by atoms with E-state index in [1.54, 1.807) is 18.3 Å². The molecule has 0 atom stereocenters. The summed E-state index contributed by atoms with van der Waals surface area (Å²) >= 11 is 0. The van der Waals surface area contributed by atoms with Gasteiger partial charge in [-0.05, 0) is 25.0 Å². The van der Waals surface area contributed by atoms with Crippen molar-refractivity contribution in [2.24, 2.45) is 5.92 Å². The molecule has 2 aromatic rings. The van der Waals surface area contributed by atoms with E-state index in [-0.39, 0.29) is 17.5 Å². The maximum atomic E-state index is 13.8. The number of H-pyrrole nitrogens is 1. The molecule has 1 saturated carbocycles. The van der Waals surface area contributed by atoms with Crippen LogP contribution < -0.4 is 0 Å². The van der Waals surface area contributed by atoms with Crippen molar-refractivity contribution in [3.8, 4) is 0 Å². The average molecular weight is 231 g/mol. The molecule has 1 N–H and O–H groups in total. The quantitative estimate of drug-likeness (QED) is 0.786. The second kappa shape index (κ2) is 3.99. The van der Waals surface area contributed by atoms with Crippen LogP contribution in [0.15, 0.2) is 24.4 Å². The van der Waals surface area contributed by atoms with Crippen molar-refractivity contribution < 1.29 is 9.18 Å². The smallest absolute Gasteiger partial charge is 0.168 e. The molecule has 0 amide bonds. The molecule has 1 aliphatic carbocycles. The van der Waals surface area contributed by atoms with E-state index in [0.29, 0.717) is 16.5 Å². The number of carbonyl (C=O) groups excluding carboxylic acids is 1. The third-order valence-corrected chi connectivity index (χ3v) is 3.65. The molecule has 0 saturated heterocycles. The zero-order valence-corrected chi connectivity index (χ0v) is 9.50. The molecule has 17 heavy (non-hydrogen) atoms. The fourth-order valence-electron chi connectivity index (χ4n) is 2.74. The Morgan fingerprint density at radius 2 is 2.06 bits per heavy atom. The molecule has 0 aliphatic heterocycles. The zero-order chi connectivity index (χ0) is 11.8. The van der Waals surface area contributed by atoms with Crippen LogP contribution in [-0.4, -0.2) is 10.8 Å². The van der Waals surface area contributed by atoms with Gasteiger partial charge in [0.1, 0.15) is 5.82 Å².